The molecule has 0 spiro atoms. The molecule has 4 heteroatoms. The lowest BCUT2D eigenvalue weighted by Crippen LogP contribution is -2.28. The molecule has 0 aliphatic rings. The Morgan fingerprint density at radius 3 is 3.12 bits per heavy atom. The second kappa shape index (κ2) is 7.19. The molecule has 1 aromatic heterocycles. The molecule has 0 radical (unpaired) electrons. The predicted molar refractivity (Wildman–Crippen MR) is 66.5 cm³/mol. The van der Waals surface area contributed by atoms with Crippen LogP contribution in [0.15, 0.2) is 29.5 Å². The highest BCUT2D eigenvalue weighted by Gasteiger charge is 2.11. The molecule has 0 aliphatic carbocycles. The van der Waals surface area contributed by atoms with Crippen molar-refractivity contribution in [1.82, 2.24) is 5.32 Å². The number of amides is 1. The molecule has 0 unspecified atom stereocenters. The highest BCUT2D eigenvalue weighted by Crippen LogP contribution is 2.18. The maximum Gasteiger partial charge on any atom is 0.220 e. The molecule has 0 bridgehead atoms. The maximum absolute atomic E-state index is 11.4. The molecule has 0 aliphatic heterocycles. The SMILES string of the molecule is C=CCCC(=O)NC[C@@H](OC)c1ccsc1. The minimum atomic E-state index is -0.0565. The summed E-state index contributed by atoms with van der Waals surface area (Å²) in [5, 5.41) is 6.88. The van der Waals surface area contributed by atoms with Crippen LogP contribution < -0.4 is 5.32 Å². The summed E-state index contributed by atoms with van der Waals surface area (Å²) in [6.45, 7) is 4.10. The first-order valence-electron chi connectivity index (χ1n) is 5.20. The van der Waals surface area contributed by atoms with Gasteiger partial charge in [-0.1, -0.05) is 6.08 Å². The van der Waals surface area contributed by atoms with Gasteiger partial charge >= 0.3 is 0 Å². The summed E-state index contributed by atoms with van der Waals surface area (Å²) < 4.78 is 5.32. The fraction of sp³-hybridized carbons (Fsp3) is 0.417. The number of hydrogen-bond acceptors (Lipinski definition) is 3. The number of hydrogen-bond donors (Lipinski definition) is 1. The zero-order valence-corrected chi connectivity index (χ0v) is 10.3. The molecule has 0 aromatic carbocycles. The van der Waals surface area contributed by atoms with Crippen molar-refractivity contribution < 1.29 is 9.53 Å². The number of ether oxygens (including phenoxy) is 1. The van der Waals surface area contributed by atoms with Crippen LogP contribution >= 0.6 is 11.3 Å². The molecular weight excluding hydrogens is 222 g/mol. The number of rotatable bonds is 7. The van der Waals surface area contributed by atoms with E-state index in [-0.39, 0.29) is 12.0 Å². The van der Waals surface area contributed by atoms with E-state index in [0.717, 1.165) is 5.56 Å². The number of carbonyl (C=O) groups excluding carboxylic acids is 1. The smallest absolute Gasteiger partial charge is 0.220 e. The van der Waals surface area contributed by atoms with E-state index in [0.29, 0.717) is 19.4 Å². The van der Waals surface area contributed by atoms with E-state index in [1.807, 2.05) is 16.8 Å². The summed E-state index contributed by atoms with van der Waals surface area (Å²) in [6.07, 6.45) is 2.89. The first kappa shape index (κ1) is 12.9. The van der Waals surface area contributed by atoms with Gasteiger partial charge in [0.1, 0.15) is 6.10 Å². The summed E-state index contributed by atoms with van der Waals surface area (Å²) in [5.74, 6) is 0.0391. The van der Waals surface area contributed by atoms with Crippen molar-refractivity contribution in [2.24, 2.45) is 0 Å². The number of thiophene rings is 1. The number of methoxy groups -OCH3 is 1. The first-order chi connectivity index (χ1) is 7.77. The average Bonchev–Trinajstić information content (AvgIpc) is 2.81. The van der Waals surface area contributed by atoms with Gasteiger partial charge in [-0.25, -0.2) is 0 Å². The van der Waals surface area contributed by atoms with Crippen LogP contribution in [0.3, 0.4) is 0 Å². The van der Waals surface area contributed by atoms with Gasteiger partial charge in [0.05, 0.1) is 0 Å². The monoisotopic (exact) mass is 239 g/mol. The third-order valence-electron chi connectivity index (χ3n) is 2.26. The number of carbonyl (C=O) groups is 1. The van der Waals surface area contributed by atoms with Gasteiger partial charge in [0, 0.05) is 20.1 Å². The Bertz CT molecular complexity index is 322. The maximum atomic E-state index is 11.4. The molecule has 1 heterocycles. The fourth-order valence-electron chi connectivity index (χ4n) is 1.32. The lowest BCUT2D eigenvalue weighted by Gasteiger charge is -2.14. The third kappa shape index (κ3) is 4.16. The highest BCUT2D eigenvalue weighted by atomic mass is 32.1. The van der Waals surface area contributed by atoms with Crippen LogP contribution in [0.4, 0.5) is 0 Å². The standard InChI is InChI=1S/C12H17NO2S/c1-3-4-5-12(14)13-8-11(15-2)10-6-7-16-9-10/h3,6-7,9,11H,1,4-5,8H2,2H3,(H,13,14)/t11-/m1/s1. The predicted octanol–water partition coefficient (Wildman–Crippen LogP) is 2.52. The van der Waals surface area contributed by atoms with Crippen LogP contribution in [0, 0.1) is 0 Å². The van der Waals surface area contributed by atoms with E-state index in [1.54, 1.807) is 24.5 Å². The van der Waals surface area contributed by atoms with Gasteiger partial charge in [-0.3, -0.25) is 4.79 Å². The van der Waals surface area contributed by atoms with Gasteiger partial charge in [-0.05, 0) is 28.8 Å². The van der Waals surface area contributed by atoms with Crippen molar-refractivity contribution >= 4 is 17.2 Å². The summed E-state index contributed by atoms with van der Waals surface area (Å²) >= 11 is 1.63. The quantitative estimate of drug-likeness (QED) is 0.742. The van der Waals surface area contributed by atoms with Gasteiger partial charge in [0.2, 0.25) is 5.91 Å². The van der Waals surface area contributed by atoms with E-state index in [9.17, 15) is 4.79 Å². The Hall–Kier alpha value is -1.13. The van der Waals surface area contributed by atoms with Crippen molar-refractivity contribution in [3.8, 4) is 0 Å². The van der Waals surface area contributed by atoms with Gasteiger partial charge < -0.3 is 10.1 Å². The molecular formula is C12H17NO2S. The van der Waals surface area contributed by atoms with Crippen LogP contribution in [0.25, 0.3) is 0 Å². The Kier molecular flexibility index (Phi) is 5.82. The third-order valence-corrected chi connectivity index (χ3v) is 2.96. The van der Waals surface area contributed by atoms with Crippen LogP contribution in [-0.4, -0.2) is 19.6 Å². The zero-order chi connectivity index (χ0) is 11.8. The molecule has 0 fully saturated rings. The lowest BCUT2D eigenvalue weighted by molar-refractivity contribution is -0.121. The van der Waals surface area contributed by atoms with Gasteiger partial charge in [0.25, 0.3) is 0 Å². The summed E-state index contributed by atoms with van der Waals surface area (Å²) in [5.41, 5.74) is 1.11. The minimum Gasteiger partial charge on any atom is -0.375 e. The van der Waals surface area contributed by atoms with Crippen LogP contribution in [0.5, 0.6) is 0 Å². The van der Waals surface area contributed by atoms with Crippen LogP contribution in [0.2, 0.25) is 0 Å². The highest BCUT2D eigenvalue weighted by molar-refractivity contribution is 7.07. The Labute approximate surface area is 100 Å². The van der Waals surface area contributed by atoms with Gasteiger partial charge in [-0.2, -0.15) is 11.3 Å². The van der Waals surface area contributed by atoms with Crippen LogP contribution in [0.1, 0.15) is 24.5 Å². The molecule has 1 aromatic rings. The Morgan fingerprint density at radius 2 is 2.56 bits per heavy atom. The summed E-state index contributed by atoms with van der Waals surface area (Å²) in [4.78, 5) is 11.4. The molecule has 1 rings (SSSR count). The molecule has 1 atom stereocenters. The second-order valence-corrected chi connectivity index (χ2v) is 4.19. The van der Waals surface area contributed by atoms with E-state index < -0.39 is 0 Å². The Morgan fingerprint density at radius 1 is 1.75 bits per heavy atom. The average molecular weight is 239 g/mol. The lowest BCUT2D eigenvalue weighted by atomic mass is 10.2. The number of nitrogens with one attached hydrogen (secondary N) is 1. The van der Waals surface area contributed by atoms with Crippen molar-refractivity contribution in [2.45, 2.75) is 18.9 Å². The summed E-state index contributed by atoms with van der Waals surface area (Å²) in [6, 6.07) is 2.01. The van der Waals surface area contributed by atoms with E-state index in [1.165, 1.54) is 0 Å². The molecule has 16 heavy (non-hydrogen) atoms. The molecule has 1 N–H and O–H groups in total. The topological polar surface area (TPSA) is 38.3 Å². The van der Waals surface area contributed by atoms with Gasteiger partial charge in [-0.15, -0.1) is 6.58 Å². The molecule has 0 saturated carbocycles. The van der Waals surface area contributed by atoms with Crippen molar-refractivity contribution in [3.05, 3.63) is 35.0 Å². The largest absolute Gasteiger partial charge is 0.375 e. The van der Waals surface area contributed by atoms with Crippen molar-refractivity contribution in [1.29, 1.82) is 0 Å². The molecule has 0 saturated heterocycles. The Balaban J connectivity index is 2.34. The van der Waals surface area contributed by atoms with E-state index in [4.69, 9.17) is 4.74 Å². The molecule has 1 amide bonds. The van der Waals surface area contributed by atoms with Crippen molar-refractivity contribution in [2.75, 3.05) is 13.7 Å². The second-order valence-electron chi connectivity index (χ2n) is 3.41. The fourth-order valence-corrected chi connectivity index (χ4v) is 2.03. The van der Waals surface area contributed by atoms with E-state index in [2.05, 4.69) is 11.9 Å². The molecule has 3 nitrogen and oxygen atoms in total. The first-order valence-corrected chi connectivity index (χ1v) is 6.14. The minimum absolute atomic E-state index is 0.0391. The van der Waals surface area contributed by atoms with Gasteiger partial charge in [0.15, 0.2) is 0 Å². The normalized spacial score (nSPS) is 12.1. The number of allylic oxidation sites excluding steroid dienone is 1. The molecule has 88 valence electrons. The van der Waals surface area contributed by atoms with E-state index >= 15 is 0 Å². The zero-order valence-electron chi connectivity index (χ0n) is 9.44. The van der Waals surface area contributed by atoms with Crippen molar-refractivity contribution in [3.63, 3.8) is 0 Å². The summed E-state index contributed by atoms with van der Waals surface area (Å²) in [7, 11) is 1.65. The van der Waals surface area contributed by atoms with Crippen LogP contribution in [-0.2, 0) is 9.53 Å².